The van der Waals surface area contributed by atoms with Crippen molar-refractivity contribution in [2.45, 2.75) is 26.3 Å². The number of carboxylic acid groups (broad SMARTS) is 1. The van der Waals surface area contributed by atoms with Gasteiger partial charge in [0.05, 0.1) is 11.6 Å². The predicted octanol–water partition coefficient (Wildman–Crippen LogP) is 3.08. The van der Waals surface area contributed by atoms with E-state index in [1.807, 2.05) is 32.0 Å². The quantitative estimate of drug-likeness (QED) is 0.583. The van der Waals surface area contributed by atoms with Crippen LogP contribution in [0.2, 0.25) is 0 Å². The second-order valence-electron chi connectivity index (χ2n) is 4.56. The molecule has 0 bridgehead atoms. The number of hydrogen-bond donors (Lipinski definition) is 2. The zero-order valence-corrected chi connectivity index (χ0v) is 13.6. The molecule has 2 N–H and O–H groups in total. The third-order valence-electron chi connectivity index (χ3n) is 3.12. The van der Waals surface area contributed by atoms with Crippen LogP contribution in [0.3, 0.4) is 0 Å². The van der Waals surface area contributed by atoms with Gasteiger partial charge in [0.25, 0.3) is 5.91 Å². The van der Waals surface area contributed by atoms with Crippen molar-refractivity contribution in [3.8, 4) is 0 Å². The zero-order valence-electron chi connectivity index (χ0n) is 11.5. The number of halogens is 1. The summed E-state index contributed by atoms with van der Waals surface area (Å²) in [6.07, 6.45) is 3.46. The fourth-order valence-electron chi connectivity index (χ4n) is 1.69. The average Bonchev–Trinajstić information content (AvgIpc) is 2.42. The molecule has 0 aromatic heterocycles. The number of rotatable bonds is 6. The van der Waals surface area contributed by atoms with Gasteiger partial charge in [-0.1, -0.05) is 38.5 Å². The number of benzene rings is 1. The number of carbonyl (C=O) groups excluding carboxylic acids is 1. The van der Waals surface area contributed by atoms with E-state index < -0.39 is 5.97 Å². The Morgan fingerprint density at radius 2 is 2.05 bits per heavy atom. The highest BCUT2D eigenvalue weighted by atomic mass is 127. The molecule has 1 aromatic carbocycles. The number of nitrogens with one attached hydrogen (secondary N) is 1. The van der Waals surface area contributed by atoms with E-state index >= 15 is 0 Å². The van der Waals surface area contributed by atoms with Crippen molar-refractivity contribution in [2.24, 2.45) is 5.92 Å². The molecule has 0 spiro atoms. The van der Waals surface area contributed by atoms with Gasteiger partial charge in [-0.2, -0.15) is 0 Å². The van der Waals surface area contributed by atoms with E-state index in [0.29, 0.717) is 5.56 Å². The highest BCUT2D eigenvalue weighted by Gasteiger charge is 2.18. The highest BCUT2D eigenvalue weighted by Crippen LogP contribution is 2.14. The minimum Gasteiger partial charge on any atom is -0.478 e. The van der Waals surface area contributed by atoms with Crippen molar-refractivity contribution in [1.29, 1.82) is 0 Å². The van der Waals surface area contributed by atoms with E-state index in [2.05, 4.69) is 27.9 Å². The van der Waals surface area contributed by atoms with Crippen LogP contribution >= 0.6 is 22.6 Å². The summed E-state index contributed by atoms with van der Waals surface area (Å²) in [6, 6.07) is 7.00. The molecule has 0 aliphatic carbocycles. The largest absolute Gasteiger partial charge is 0.478 e. The molecule has 4 nitrogen and oxygen atoms in total. The van der Waals surface area contributed by atoms with E-state index in [1.54, 1.807) is 6.07 Å². The van der Waals surface area contributed by atoms with Gasteiger partial charge >= 0.3 is 5.97 Å². The van der Waals surface area contributed by atoms with Crippen LogP contribution in [0.15, 0.2) is 36.4 Å². The summed E-state index contributed by atoms with van der Waals surface area (Å²) in [7, 11) is 0. The van der Waals surface area contributed by atoms with Crippen molar-refractivity contribution in [3.05, 3.63) is 45.6 Å². The van der Waals surface area contributed by atoms with Crippen LogP contribution in [-0.4, -0.2) is 23.0 Å². The summed E-state index contributed by atoms with van der Waals surface area (Å²) in [6.45, 7) is 3.98. The van der Waals surface area contributed by atoms with Crippen molar-refractivity contribution in [2.75, 3.05) is 0 Å². The van der Waals surface area contributed by atoms with Crippen LogP contribution in [0.25, 0.3) is 0 Å². The number of carboxylic acids is 1. The first-order valence-corrected chi connectivity index (χ1v) is 7.50. The Balaban J connectivity index is 2.87. The van der Waals surface area contributed by atoms with Gasteiger partial charge < -0.3 is 10.4 Å². The van der Waals surface area contributed by atoms with Crippen molar-refractivity contribution >= 4 is 34.5 Å². The SMILES string of the molecule is CC[C@H](C)[C@@H](/C=C/C(=O)O)NC(=O)c1ccccc1I. The molecule has 0 heterocycles. The lowest BCUT2D eigenvalue weighted by atomic mass is 9.98. The Hall–Kier alpha value is -1.37. The molecule has 0 aliphatic rings. The Kier molecular flexibility index (Phi) is 6.70. The lowest BCUT2D eigenvalue weighted by molar-refractivity contribution is -0.131. The fourth-order valence-corrected chi connectivity index (χ4v) is 2.33. The number of carbonyl (C=O) groups is 2. The topological polar surface area (TPSA) is 66.4 Å². The molecule has 1 aromatic rings. The van der Waals surface area contributed by atoms with Crippen LogP contribution < -0.4 is 5.32 Å². The molecule has 2 atom stereocenters. The molecular formula is C15H18INO3. The molecule has 1 rings (SSSR count). The Morgan fingerprint density at radius 1 is 1.40 bits per heavy atom. The molecule has 5 heteroatoms. The third kappa shape index (κ3) is 4.96. The summed E-state index contributed by atoms with van der Waals surface area (Å²) in [5.74, 6) is -1.03. The Bertz CT molecular complexity index is 514. The maximum Gasteiger partial charge on any atom is 0.328 e. The van der Waals surface area contributed by atoms with Gasteiger partial charge in [0.15, 0.2) is 0 Å². The van der Waals surface area contributed by atoms with Crippen LogP contribution in [-0.2, 0) is 4.79 Å². The molecule has 0 saturated heterocycles. The minimum atomic E-state index is -1.01. The molecular weight excluding hydrogens is 369 g/mol. The molecule has 1 amide bonds. The van der Waals surface area contributed by atoms with Crippen LogP contribution in [0, 0.1) is 9.49 Å². The summed E-state index contributed by atoms with van der Waals surface area (Å²) in [4.78, 5) is 22.9. The van der Waals surface area contributed by atoms with Crippen molar-refractivity contribution in [1.82, 2.24) is 5.32 Å². The molecule has 0 fully saturated rings. The smallest absolute Gasteiger partial charge is 0.328 e. The van der Waals surface area contributed by atoms with Crippen molar-refractivity contribution in [3.63, 3.8) is 0 Å². The zero-order chi connectivity index (χ0) is 15.1. The number of aliphatic carboxylic acids is 1. The van der Waals surface area contributed by atoms with E-state index in [-0.39, 0.29) is 17.9 Å². The summed E-state index contributed by atoms with van der Waals surface area (Å²) in [5.41, 5.74) is 0.602. The molecule has 0 radical (unpaired) electrons. The first-order chi connectivity index (χ1) is 9.45. The fraction of sp³-hybridized carbons (Fsp3) is 0.333. The number of hydrogen-bond acceptors (Lipinski definition) is 2. The monoisotopic (exact) mass is 387 g/mol. The summed E-state index contributed by atoms with van der Waals surface area (Å²) in [5, 5.41) is 11.6. The predicted molar refractivity (Wildman–Crippen MR) is 86.6 cm³/mol. The number of amides is 1. The molecule has 20 heavy (non-hydrogen) atoms. The maximum atomic E-state index is 12.2. The van der Waals surface area contributed by atoms with Gasteiger partial charge in [0.2, 0.25) is 0 Å². The van der Waals surface area contributed by atoms with Gasteiger partial charge in [0, 0.05) is 9.65 Å². The van der Waals surface area contributed by atoms with Gasteiger partial charge in [0.1, 0.15) is 0 Å². The van der Waals surface area contributed by atoms with Crippen LogP contribution in [0.4, 0.5) is 0 Å². The maximum absolute atomic E-state index is 12.2. The van der Waals surface area contributed by atoms with Gasteiger partial charge in [-0.3, -0.25) is 4.79 Å². The second-order valence-corrected chi connectivity index (χ2v) is 5.72. The van der Waals surface area contributed by atoms with E-state index in [1.165, 1.54) is 6.08 Å². The third-order valence-corrected chi connectivity index (χ3v) is 4.06. The minimum absolute atomic E-state index is 0.163. The highest BCUT2D eigenvalue weighted by molar-refractivity contribution is 14.1. The molecule has 0 aliphatic heterocycles. The Morgan fingerprint density at radius 3 is 2.60 bits per heavy atom. The van der Waals surface area contributed by atoms with Crippen LogP contribution in [0.1, 0.15) is 30.6 Å². The molecule has 108 valence electrons. The summed E-state index contributed by atoms with van der Waals surface area (Å²) >= 11 is 2.11. The Labute approximate surface area is 132 Å². The normalized spacial score (nSPS) is 13.9. The molecule has 0 unspecified atom stereocenters. The first kappa shape index (κ1) is 16.7. The van der Waals surface area contributed by atoms with Gasteiger partial charge in [-0.05, 0) is 40.6 Å². The van der Waals surface area contributed by atoms with Crippen LogP contribution in [0.5, 0.6) is 0 Å². The van der Waals surface area contributed by atoms with Gasteiger partial charge in [-0.25, -0.2) is 4.79 Å². The first-order valence-electron chi connectivity index (χ1n) is 6.42. The second kappa shape index (κ2) is 8.04. The van der Waals surface area contributed by atoms with E-state index in [9.17, 15) is 9.59 Å². The lowest BCUT2D eigenvalue weighted by Gasteiger charge is -2.21. The van der Waals surface area contributed by atoms with Gasteiger partial charge in [-0.15, -0.1) is 0 Å². The average molecular weight is 387 g/mol. The molecule has 0 saturated carbocycles. The van der Waals surface area contributed by atoms with E-state index in [0.717, 1.165) is 16.1 Å². The summed E-state index contributed by atoms with van der Waals surface area (Å²) < 4.78 is 0.868. The van der Waals surface area contributed by atoms with E-state index in [4.69, 9.17) is 5.11 Å². The standard InChI is InChI=1S/C15H18INO3/c1-3-10(2)13(8-9-14(18)19)17-15(20)11-6-4-5-7-12(11)16/h4-10,13H,3H2,1-2H3,(H,17,20)(H,18,19)/b9-8+/t10-,13+/m0/s1. The van der Waals surface area contributed by atoms with Crippen molar-refractivity contribution < 1.29 is 14.7 Å². The lowest BCUT2D eigenvalue weighted by Crippen LogP contribution is -2.38.